The molecule has 1 rings (SSSR count). The van der Waals surface area contributed by atoms with E-state index in [4.69, 9.17) is 44.3 Å². The van der Waals surface area contributed by atoms with Crippen LogP contribution >= 0.6 is 34.8 Å². The number of rotatable bonds is 9. The third kappa shape index (κ3) is 7.42. The van der Waals surface area contributed by atoms with Crippen molar-refractivity contribution < 1.29 is 19.1 Å². The molecule has 0 aliphatic rings. The van der Waals surface area contributed by atoms with Gasteiger partial charge in [-0.3, -0.25) is 9.59 Å². The molecule has 0 amide bonds. The number of carbonyl (C=O) groups is 2. The van der Waals surface area contributed by atoms with E-state index in [1.807, 2.05) is 0 Å². The molecule has 0 saturated heterocycles. The van der Waals surface area contributed by atoms with E-state index >= 15 is 0 Å². The van der Waals surface area contributed by atoms with Crippen LogP contribution in [0.2, 0.25) is 15.1 Å². The van der Waals surface area contributed by atoms with Crippen LogP contribution in [0.5, 0.6) is 5.75 Å². The highest BCUT2D eigenvalue weighted by Crippen LogP contribution is 2.38. The first-order chi connectivity index (χ1) is 11.0. The number of esters is 2. The second-order valence-electron chi connectivity index (χ2n) is 4.93. The van der Waals surface area contributed by atoms with Crippen molar-refractivity contribution in [1.82, 2.24) is 0 Å². The molecule has 0 radical (unpaired) electrons. The average molecular weight is 382 g/mol. The Morgan fingerprint density at radius 3 is 2.30 bits per heavy atom. The number of hydrogen-bond acceptors (Lipinski definition) is 4. The summed E-state index contributed by atoms with van der Waals surface area (Å²) in [5.74, 6) is -0.810. The van der Waals surface area contributed by atoms with Gasteiger partial charge in [0.1, 0.15) is 5.02 Å². The smallest absolute Gasteiger partial charge is 0.311 e. The zero-order valence-corrected chi connectivity index (χ0v) is 15.1. The van der Waals surface area contributed by atoms with Crippen LogP contribution < -0.4 is 4.74 Å². The molecule has 7 heteroatoms. The molecule has 0 aliphatic carbocycles. The molecule has 0 aromatic heterocycles. The quantitative estimate of drug-likeness (QED) is 0.247. The SMILES string of the molecule is CCCCCOC(=O)CCCC(=O)Oc1c(Cl)ccc(Cl)c1Cl. The molecule has 0 bridgehead atoms. The molecule has 1 aromatic rings. The number of ether oxygens (including phenoxy) is 2. The molecule has 0 unspecified atom stereocenters. The topological polar surface area (TPSA) is 52.6 Å². The first kappa shape index (κ1) is 20.1. The fourth-order valence-electron chi connectivity index (χ4n) is 1.75. The number of hydrogen-bond donors (Lipinski definition) is 0. The lowest BCUT2D eigenvalue weighted by molar-refractivity contribution is -0.144. The third-order valence-electron chi connectivity index (χ3n) is 2.99. The van der Waals surface area contributed by atoms with Gasteiger partial charge in [-0.15, -0.1) is 0 Å². The minimum atomic E-state index is -0.533. The van der Waals surface area contributed by atoms with E-state index in [2.05, 4.69) is 6.92 Å². The lowest BCUT2D eigenvalue weighted by Gasteiger charge is -2.09. The van der Waals surface area contributed by atoms with Gasteiger partial charge < -0.3 is 9.47 Å². The van der Waals surface area contributed by atoms with E-state index < -0.39 is 5.97 Å². The summed E-state index contributed by atoms with van der Waals surface area (Å²) in [5, 5.41) is 0.528. The van der Waals surface area contributed by atoms with Gasteiger partial charge in [0.15, 0.2) is 5.75 Å². The molecule has 0 heterocycles. The summed E-state index contributed by atoms with van der Waals surface area (Å²) in [6, 6.07) is 3.00. The van der Waals surface area contributed by atoms with Crippen molar-refractivity contribution in [2.75, 3.05) is 6.61 Å². The number of halogens is 3. The van der Waals surface area contributed by atoms with Crippen molar-refractivity contribution in [3.8, 4) is 5.75 Å². The Labute approximate surface area is 151 Å². The highest BCUT2D eigenvalue weighted by Gasteiger charge is 2.15. The third-order valence-corrected chi connectivity index (χ3v) is 4.08. The second-order valence-corrected chi connectivity index (χ2v) is 6.12. The summed E-state index contributed by atoms with van der Waals surface area (Å²) in [6.07, 6.45) is 3.51. The van der Waals surface area contributed by atoms with Crippen molar-refractivity contribution >= 4 is 46.7 Å². The van der Waals surface area contributed by atoms with Gasteiger partial charge in [-0.25, -0.2) is 0 Å². The first-order valence-corrected chi connectivity index (χ1v) is 8.59. The maximum atomic E-state index is 11.8. The van der Waals surface area contributed by atoms with Crippen LogP contribution in [0.15, 0.2) is 12.1 Å². The van der Waals surface area contributed by atoms with Crippen LogP contribution in [-0.4, -0.2) is 18.5 Å². The Bertz CT molecular complexity index is 546. The van der Waals surface area contributed by atoms with Crippen molar-refractivity contribution in [3.63, 3.8) is 0 Å². The van der Waals surface area contributed by atoms with E-state index in [0.717, 1.165) is 19.3 Å². The summed E-state index contributed by atoms with van der Waals surface area (Å²) >= 11 is 17.7. The van der Waals surface area contributed by atoms with Crippen molar-refractivity contribution in [2.45, 2.75) is 45.4 Å². The zero-order valence-electron chi connectivity index (χ0n) is 12.9. The summed E-state index contributed by atoms with van der Waals surface area (Å²) in [6.45, 7) is 2.50. The molecule has 23 heavy (non-hydrogen) atoms. The monoisotopic (exact) mass is 380 g/mol. The van der Waals surface area contributed by atoms with Crippen molar-refractivity contribution in [3.05, 3.63) is 27.2 Å². The molecule has 4 nitrogen and oxygen atoms in total. The molecule has 0 atom stereocenters. The Morgan fingerprint density at radius 1 is 0.957 bits per heavy atom. The maximum Gasteiger partial charge on any atom is 0.311 e. The Hall–Kier alpha value is -0.970. The van der Waals surface area contributed by atoms with E-state index in [1.54, 1.807) is 0 Å². The minimum absolute atomic E-state index is 0.0352. The van der Waals surface area contributed by atoms with Gasteiger partial charge in [0, 0.05) is 12.8 Å². The Kier molecular flexibility index (Phi) is 9.37. The van der Waals surface area contributed by atoms with Gasteiger partial charge in [-0.05, 0) is 25.0 Å². The van der Waals surface area contributed by atoms with Crippen LogP contribution in [0, 0.1) is 0 Å². The van der Waals surface area contributed by atoms with Gasteiger partial charge in [0.05, 0.1) is 16.7 Å². The predicted octanol–water partition coefficient (Wildman–Crippen LogP) is 5.46. The first-order valence-electron chi connectivity index (χ1n) is 7.45. The Morgan fingerprint density at radius 2 is 1.61 bits per heavy atom. The minimum Gasteiger partial charge on any atom is -0.466 e. The predicted molar refractivity (Wildman–Crippen MR) is 91.4 cm³/mol. The Balaban J connectivity index is 2.33. The standard InChI is InChI=1S/C16H19Cl3O4/c1-2-3-4-10-22-13(20)6-5-7-14(21)23-16-12(18)9-8-11(17)15(16)19/h8-9H,2-7,10H2,1H3. The molecule has 0 N–H and O–H groups in total. The summed E-state index contributed by atoms with van der Waals surface area (Å²) in [7, 11) is 0. The van der Waals surface area contributed by atoms with Gasteiger partial charge in [-0.2, -0.15) is 0 Å². The van der Waals surface area contributed by atoms with Crippen LogP contribution in [-0.2, 0) is 14.3 Å². The average Bonchev–Trinajstić information content (AvgIpc) is 2.52. The highest BCUT2D eigenvalue weighted by molar-refractivity contribution is 6.44. The molecule has 1 aromatic carbocycles. The van der Waals surface area contributed by atoms with Crippen LogP contribution in [0.4, 0.5) is 0 Å². The molecule has 0 spiro atoms. The zero-order chi connectivity index (χ0) is 17.2. The molecule has 128 valence electrons. The normalized spacial score (nSPS) is 10.4. The molecule has 0 saturated carbocycles. The van der Waals surface area contributed by atoms with Crippen molar-refractivity contribution in [1.29, 1.82) is 0 Å². The number of carbonyl (C=O) groups excluding carboxylic acids is 2. The van der Waals surface area contributed by atoms with Gasteiger partial charge in [-0.1, -0.05) is 54.6 Å². The lowest BCUT2D eigenvalue weighted by atomic mass is 10.2. The molecule has 0 fully saturated rings. The van der Waals surface area contributed by atoms with E-state index in [1.165, 1.54) is 12.1 Å². The fourth-order valence-corrected chi connectivity index (χ4v) is 2.35. The molecular weight excluding hydrogens is 363 g/mol. The van der Waals surface area contributed by atoms with Crippen LogP contribution in [0.3, 0.4) is 0 Å². The van der Waals surface area contributed by atoms with Crippen LogP contribution in [0.25, 0.3) is 0 Å². The van der Waals surface area contributed by atoms with E-state index in [-0.39, 0.29) is 39.6 Å². The van der Waals surface area contributed by atoms with Crippen molar-refractivity contribution in [2.24, 2.45) is 0 Å². The number of unbranched alkanes of at least 4 members (excludes halogenated alkanes) is 2. The lowest BCUT2D eigenvalue weighted by Crippen LogP contribution is -2.11. The highest BCUT2D eigenvalue weighted by atomic mass is 35.5. The van der Waals surface area contributed by atoms with Gasteiger partial charge in [0.25, 0.3) is 0 Å². The number of benzene rings is 1. The van der Waals surface area contributed by atoms with Gasteiger partial charge >= 0.3 is 11.9 Å². The molecular formula is C16H19Cl3O4. The molecule has 0 aliphatic heterocycles. The summed E-state index contributed by atoms with van der Waals surface area (Å²) in [5.41, 5.74) is 0. The fraction of sp³-hybridized carbons (Fsp3) is 0.500. The second kappa shape index (κ2) is 10.7. The van der Waals surface area contributed by atoms with Crippen LogP contribution in [0.1, 0.15) is 45.4 Å². The van der Waals surface area contributed by atoms with E-state index in [9.17, 15) is 9.59 Å². The van der Waals surface area contributed by atoms with E-state index in [0.29, 0.717) is 13.0 Å². The largest absolute Gasteiger partial charge is 0.466 e. The maximum absolute atomic E-state index is 11.8. The summed E-state index contributed by atoms with van der Waals surface area (Å²) < 4.78 is 10.2. The van der Waals surface area contributed by atoms with Gasteiger partial charge in [0.2, 0.25) is 0 Å². The summed E-state index contributed by atoms with van der Waals surface area (Å²) in [4.78, 5) is 23.2.